The molecule has 0 amide bonds. The number of nitriles is 1. The standard InChI is InChI=1S/C17H21NO3/c1-3-4-5-6-11-21-16-9-7-14(8-10-16)12-15(13-18)17(19)20-2/h7-10,12H,3-6,11H2,1-2H3/b15-12-. The number of carbonyl (C=O) groups excluding carboxylic acids is 1. The number of ether oxygens (including phenoxy) is 2. The Hall–Kier alpha value is -2.28. The zero-order valence-corrected chi connectivity index (χ0v) is 12.6. The largest absolute Gasteiger partial charge is 0.494 e. The first-order chi connectivity index (χ1) is 10.2. The lowest BCUT2D eigenvalue weighted by atomic mass is 10.1. The van der Waals surface area contributed by atoms with Gasteiger partial charge in [-0.15, -0.1) is 0 Å². The summed E-state index contributed by atoms with van der Waals surface area (Å²) in [5, 5.41) is 8.89. The van der Waals surface area contributed by atoms with Crippen molar-refractivity contribution in [3.8, 4) is 11.8 Å². The number of hydrogen-bond acceptors (Lipinski definition) is 4. The fourth-order valence-corrected chi connectivity index (χ4v) is 1.79. The summed E-state index contributed by atoms with van der Waals surface area (Å²) in [5.74, 6) is 0.161. The monoisotopic (exact) mass is 287 g/mol. The van der Waals surface area contributed by atoms with Gasteiger partial charge in [0.15, 0.2) is 0 Å². The number of carbonyl (C=O) groups is 1. The number of methoxy groups -OCH3 is 1. The maximum absolute atomic E-state index is 11.3. The summed E-state index contributed by atoms with van der Waals surface area (Å²) in [7, 11) is 1.25. The van der Waals surface area contributed by atoms with Crippen molar-refractivity contribution in [1.29, 1.82) is 5.26 Å². The van der Waals surface area contributed by atoms with Crippen LogP contribution in [-0.4, -0.2) is 19.7 Å². The Balaban J connectivity index is 2.56. The molecule has 1 aromatic rings. The average Bonchev–Trinajstić information content (AvgIpc) is 2.53. The van der Waals surface area contributed by atoms with Crippen LogP contribution in [0.25, 0.3) is 6.08 Å². The van der Waals surface area contributed by atoms with E-state index in [4.69, 9.17) is 10.00 Å². The van der Waals surface area contributed by atoms with Gasteiger partial charge in [0, 0.05) is 0 Å². The third-order valence-electron chi connectivity index (χ3n) is 2.98. The van der Waals surface area contributed by atoms with Gasteiger partial charge in [0.2, 0.25) is 0 Å². The number of rotatable bonds is 8. The first-order valence-electron chi connectivity index (χ1n) is 7.14. The SMILES string of the molecule is CCCCCCOc1ccc(/C=C(/C#N)C(=O)OC)cc1. The summed E-state index contributed by atoms with van der Waals surface area (Å²) in [5.41, 5.74) is 0.737. The Morgan fingerprint density at radius 2 is 1.95 bits per heavy atom. The summed E-state index contributed by atoms with van der Waals surface area (Å²) in [6.07, 6.45) is 6.18. The third-order valence-corrected chi connectivity index (χ3v) is 2.98. The van der Waals surface area contributed by atoms with Crippen molar-refractivity contribution in [2.75, 3.05) is 13.7 Å². The van der Waals surface area contributed by atoms with Gasteiger partial charge in [-0.25, -0.2) is 4.79 Å². The first-order valence-corrected chi connectivity index (χ1v) is 7.14. The summed E-state index contributed by atoms with van der Waals surface area (Å²) >= 11 is 0. The molecule has 1 rings (SSSR count). The number of benzene rings is 1. The minimum atomic E-state index is -0.631. The molecule has 0 fully saturated rings. The van der Waals surface area contributed by atoms with E-state index in [1.165, 1.54) is 32.4 Å². The van der Waals surface area contributed by atoms with Crippen LogP contribution in [0.1, 0.15) is 38.2 Å². The van der Waals surface area contributed by atoms with Crippen LogP contribution in [0.3, 0.4) is 0 Å². The molecular weight excluding hydrogens is 266 g/mol. The molecule has 0 atom stereocenters. The van der Waals surface area contributed by atoms with E-state index in [-0.39, 0.29) is 5.57 Å². The lowest BCUT2D eigenvalue weighted by Gasteiger charge is -2.06. The molecule has 0 radical (unpaired) electrons. The topological polar surface area (TPSA) is 59.3 Å². The van der Waals surface area contributed by atoms with Gasteiger partial charge in [-0.1, -0.05) is 38.3 Å². The highest BCUT2D eigenvalue weighted by molar-refractivity contribution is 5.97. The molecule has 4 nitrogen and oxygen atoms in total. The lowest BCUT2D eigenvalue weighted by Crippen LogP contribution is -2.02. The fraction of sp³-hybridized carbons (Fsp3) is 0.412. The van der Waals surface area contributed by atoms with Crippen molar-refractivity contribution in [3.63, 3.8) is 0 Å². The average molecular weight is 287 g/mol. The molecule has 0 N–H and O–H groups in total. The van der Waals surface area contributed by atoms with Crippen LogP contribution >= 0.6 is 0 Å². The van der Waals surface area contributed by atoms with Gasteiger partial charge >= 0.3 is 5.97 Å². The van der Waals surface area contributed by atoms with E-state index in [0.717, 1.165) is 17.7 Å². The summed E-state index contributed by atoms with van der Waals surface area (Å²) in [6, 6.07) is 9.10. The number of esters is 1. The fourth-order valence-electron chi connectivity index (χ4n) is 1.79. The van der Waals surface area contributed by atoms with E-state index in [0.29, 0.717) is 6.61 Å². The van der Waals surface area contributed by atoms with E-state index >= 15 is 0 Å². The van der Waals surface area contributed by atoms with Crippen molar-refractivity contribution >= 4 is 12.0 Å². The first kappa shape index (κ1) is 16.8. The second kappa shape index (κ2) is 9.60. The molecule has 21 heavy (non-hydrogen) atoms. The van der Waals surface area contributed by atoms with E-state index in [2.05, 4.69) is 11.7 Å². The molecule has 0 aliphatic rings. The highest BCUT2D eigenvalue weighted by Crippen LogP contribution is 2.15. The zero-order valence-electron chi connectivity index (χ0n) is 12.6. The normalized spacial score (nSPS) is 10.8. The van der Waals surface area contributed by atoms with Crippen LogP contribution in [0.5, 0.6) is 5.75 Å². The second-order valence-electron chi connectivity index (χ2n) is 4.64. The highest BCUT2D eigenvalue weighted by Gasteiger charge is 2.08. The molecule has 4 heteroatoms. The molecule has 0 saturated heterocycles. The van der Waals surface area contributed by atoms with E-state index in [1.54, 1.807) is 0 Å². The Bertz CT molecular complexity index is 512. The molecule has 0 spiro atoms. The molecule has 0 saturated carbocycles. The van der Waals surface area contributed by atoms with Gasteiger partial charge in [0.05, 0.1) is 13.7 Å². The van der Waals surface area contributed by atoms with Crippen LogP contribution < -0.4 is 4.74 Å². The van der Waals surface area contributed by atoms with Crippen LogP contribution in [-0.2, 0) is 9.53 Å². The predicted molar refractivity (Wildman–Crippen MR) is 81.7 cm³/mol. The van der Waals surface area contributed by atoms with Crippen LogP contribution in [0, 0.1) is 11.3 Å². The smallest absolute Gasteiger partial charge is 0.348 e. The summed E-state index contributed by atoms with van der Waals surface area (Å²) in [4.78, 5) is 11.3. The Labute approximate surface area is 126 Å². The van der Waals surface area contributed by atoms with E-state index in [1.807, 2.05) is 30.3 Å². The molecule has 0 bridgehead atoms. The zero-order chi connectivity index (χ0) is 15.5. The minimum Gasteiger partial charge on any atom is -0.494 e. The van der Waals surface area contributed by atoms with Crippen molar-refractivity contribution in [2.45, 2.75) is 32.6 Å². The van der Waals surface area contributed by atoms with Crippen molar-refractivity contribution in [1.82, 2.24) is 0 Å². The van der Waals surface area contributed by atoms with Crippen molar-refractivity contribution < 1.29 is 14.3 Å². The molecule has 0 heterocycles. The predicted octanol–water partition coefficient (Wildman–Crippen LogP) is 3.73. The number of hydrogen-bond donors (Lipinski definition) is 0. The molecule has 0 aromatic heterocycles. The second-order valence-corrected chi connectivity index (χ2v) is 4.64. The van der Waals surface area contributed by atoms with E-state index in [9.17, 15) is 4.79 Å². The van der Waals surface area contributed by atoms with E-state index < -0.39 is 5.97 Å². The van der Waals surface area contributed by atoms with Crippen LogP contribution in [0.15, 0.2) is 29.8 Å². The molecule has 0 aliphatic heterocycles. The Kier molecular flexibility index (Phi) is 7.67. The van der Waals surface area contributed by atoms with Crippen molar-refractivity contribution in [2.24, 2.45) is 0 Å². The Morgan fingerprint density at radius 1 is 1.24 bits per heavy atom. The third kappa shape index (κ3) is 6.13. The van der Waals surface area contributed by atoms with Crippen LogP contribution in [0.4, 0.5) is 0 Å². The summed E-state index contributed by atoms with van der Waals surface area (Å²) in [6.45, 7) is 2.89. The maximum atomic E-state index is 11.3. The molecule has 112 valence electrons. The Morgan fingerprint density at radius 3 is 2.52 bits per heavy atom. The van der Waals surface area contributed by atoms with Gasteiger partial charge < -0.3 is 9.47 Å². The highest BCUT2D eigenvalue weighted by atomic mass is 16.5. The number of unbranched alkanes of at least 4 members (excludes halogenated alkanes) is 3. The quantitative estimate of drug-likeness (QED) is 0.316. The molecule has 1 aromatic carbocycles. The van der Waals surface area contributed by atoms with Gasteiger partial charge in [-0.2, -0.15) is 5.26 Å². The lowest BCUT2D eigenvalue weighted by molar-refractivity contribution is -0.135. The van der Waals surface area contributed by atoms with Gasteiger partial charge in [0.1, 0.15) is 17.4 Å². The van der Waals surface area contributed by atoms with Gasteiger partial charge in [-0.05, 0) is 30.2 Å². The van der Waals surface area contributed by atoms with Crippen LogP contribution in [0.2, 0.25) is 0 Å². The molecule has 0 aliphatic carbocycles. The van der Waals surface area contributed by atoms with Gasteiger partial charge in [-0.3, -0.25) is 0 Å². The number of nitrogens with zero attached hydrogens (tertiary/aromatic N) is 1. The molecular formula is C17H21NO3. The summed E-state index contributed by atoms with van der Waals surface area (Å²) < 4.78 is 10.2. The minimum absolute atomic E-state index is 0.0225. The van der Waals surface area contributed by atoms with Gasteiger partial charge in [0.25, 0.3) is 0 Å². The molecule has 0 unspecified atom stereocenters. The van der Waals surface area contributed by atoms with Crippen molar-refractivity contribution in [3.05, 3.63) is 35.4 Å². The maximum Gasteiger partial charge on any atom is 0.348 e.